The number of aromatic nitrogens is 3. The third-order valence-electron chi connectivity index (χ3n) is 4.59. The van der Waals surface area contributed by atoms with E-state index in [-0.39, 0.29) is 5.91 Å². The van der Waals surface area contributed by atoms with Crippen LogP contribution in [0.15, 0.2) is 91.5 Å². The molecule has 1 amide bonds. The third kappa shape index (κ3) is 4.57. The normalized spacial score (nSPS) is 10.7. The molecule has 0 fully saturated rings. The van der Waals surface area contributed by atoms with Gasteiger partial charge >= 0.3 is 0 Å². The summed E-state index contributed by atoms with van der Waals surface area (Å²) >= 11 is 0. The fraction of sp³-hybridized carbons (Fsp3) is 0.130. The van der Waals surface area contributed by atoms with Gasteiger partial charge < -0.3 is 9.88 Å². The average molecular weight is 370 g/mol. The summed E-state index contributed by atoms with van der Waals surface area (Å²) in [6.07, 6.45) is 8.09. The number of hydrogen-bond acceptors (Lipinski definition) is 2. The van der Waals surface area contributed by atoms with E-state index < -0.39 is 0 Å². The summed E-state index contributed by atoms with van der Waals surface area (Å²) in [4.78, 5) is 12.3. The van der Waals surface area contributed by atoms with Gasteiger partial charge in [-0.05, 0) is 47.0 Å². The van der Waals surface area contributed by atoms with Gasteiger partial charge in [0.15, 0.2) is 0 Å². The van der Waals surface area contributed by atoms with Crippen LogP contribution in [-0.2, 0) is 24.3 Å². The molecule has 0 spiro atoms. The predicted octanol–water partition coefficient (Wildman–Crippen LogP) is 3.58. The Balaban J connectivity index is 1.31. The van der Waals surface area contributed by atoms with E-state index in [1.807, 2.05) is 82.4 Å². The summed E-state index contributed by atoms with van der Waals surface area (Å²) in [7, 11) is 0. The highest BCUT2D eigenvalue weighted by atomic mass is 16.1. The molecule has 1 N–H and O–H groups in total. The van der Waals surface area contributed by atoms with Crippen molar-refractivity contribution in [2.24, 2.45) is 0 Å². The fourth-order valence-corrected chi connectivity index (χ4v) is 3.16. The van der Waals surface area contributed by atoms with Crippen LogP contribution in [0.1, 0.15) is 16.7 Å². The van der Waals surface area contributed by atoms with Crippen molar-refractivity contribution in [1.29, 1.82) is 0 Å². The Hall–Kier alpha value is -3.60. The maximum atomic E-state index is 12.3. The van der Waals surface area contributed by atoms with Crippen LogP contribution >= 0.6 is 0 Å². The van der Waals surface area contributed by atoms with Crippen molar-refractivity contribution in [2.75, 3.05) is 0 Å². The Labute approximate surface area is 164 Å². The molecule has 0 atom stereocenters. The Kier molecular flexibility index (Phi) is 5.33. The molecule has 0 aliphatic carbocycles. The topological polar surface area (TPSA) is 51.9 Å². The van der Waals surface area contributed by atoms with Crippen molar-refractivity contribution in [2.45, 2.75) is 19.5 Å². The van der Waals surface area contributed by atoms with E-state index in [9.17, 15) is 4.79 Å². The molecule has 140 valence electrons. The zero-order chi connectivity index (χ0) is 19.2. The van der Waals surface area contributed by atoms with Gasteiger partial charge in [-0.25, -0.2) is 0 Å². The Morgan fingerprint density at radius 3 is 2.39 bits per heavy atom. The van der Waals surface area contributed by atoms with Gasteiger partial charge in [-0.1, -0.05) is 36.4 Å². The summed E-state index contributed by atoms with van der Waals surface area (Å²) < 4.78 is 3.93. The van der Waals surface area contributed by atoms with Crippen LogP contribution in [0.2, 0.25) is 0 Å². The number of benzene rings is 2. The first-order valence-electron chi connectivity index (χ1n) is 9.30. The second-order valence-electron chi connectivity index (χ2n) is 6.73. The van der Waals surface area contributed by atoms with Crippen LogP contribution in [0.5, 0.6) is 0 Å². The zero-order valence-electron chi connectivity index (χ0n) is 15.5. The van der Waals surface area contributed by atoms with E-state index in [1.54, 1.807) is 6.20 Å². The molecule has 5 nitrogen and oxygen atoms in total. The highest BCUT2D eigenvalue weighted by molar-refractivity contribution is 5.78. The van der Waals surface area contributed by atoms with Crippen molar-refractivity contribution in [3.05, 3.63) is 108 Å². The maximum Gasteiger partial charge on any atom is 0.224 e. The number of carbonyl (C=O) groups is 1. The van der Waals surface area contributed by atoms with Crippen molar-refractivity contribution in [3.8, 4) is 5.69 Å². The van der Waals surface area contributed by atoms with E-state index in [2.05, 4.69) is 22.5 Å². The molecular formula is C23H22N4O. The van der Waals surface area contributed by atoms with Gasteiger partial charge in [0.25, 0.3) is 0 Å². The molecule has 0 aliphatic rings. The van der Waals surface area contributed by atoms with Crippen LogP contribution in [0.25, 0.3) is 5.69 Å². The highest BCUT2D eigenvalue weighted by Crippen LogP contribution is 2.11. The summed E-state index contributed by atoms with van der Waals surface area (Å²) in [6, 6.07) is 22.2. The Bertz CT molecular complexity index is 1020. The van der Waals surface area contributed by atoms with E-state index in [0.717, 1.165) is 28.9 Å². The average Bonchev–Trinajstić information content (AvgIpc) is 3.42. The van der Waals surface area contributed by atoms with E-state index >= 15 is 0 Å². The quantitative estimate of drug-likeness (QED) is 0.541. The number of hydrogen-bond donors (Lipinski definition) is 1. The molecule has 5 heteroatoms. The lowest BCUT2D eigenvalue weighted by atomic mass is 10.1. The second kappa shape index (κ2) is 8.39. The molecule has 0 unspecified atom stereocenters. The molecule has 0 aliphatic heterocycles. The lowest BCUT2D eigenvalue weighted by Crippen LogP contribution is -2.24. The number of amides is 1. The molecule has 2 aromatic carbocycles. The molecule has 4 rings (SSSR count). The summed E-state index contributed by atoms with van der Waals surface area (Å²) in [6.45, 7) is 1.25. The highest BCUT2D eigenvalue weighted by Gasteiger charge is 2.05. The number of nitrogens with one attached hydrogen (secondary N) is 1. The van der Waals surface area contributed by atoms with Crippen LogP contribution in [-0.4, -0.2) is 20.3 Å². The van der Waals surface area contributed by atoms with Gasteiger partial charge in [-0.15, -0.1) is 0 Å². The monoisotopic (exact) mass is 370 g/mol. The van der Waals surface area contributed by atoms with E-state index in [0.29, 0.717) is 13.0 Å². The second-order valence-corrected chi connectivity index (χ2v) is 6.73. The Morgan fingerprint density at radius 2 is 1.64 bits per heavy atom. The largest absolute Gasteiger partial charge is 0.352 e. The first kappa shape index (κ1) is 17.8. The molecule has 0 radical (unpaired) electrons. The van der Waals surface area contributed by atoms with Crippen molar-refractivity contribution in [3.63, 3.8) is 0 Å². The molecule has 28 heavy (non-hydrogen) atoms. The molecule has 2 aromatic heterocycles. The van der Waals surface area contributed by atoms with E-state index in [1.165, 1.54) is 0 Å². The third-order valence-corrected chi connectivity index (χ3v) is 4.59. The molecule has 0 saturated carbocycles. The maximum absolute atomic E-state index is 12.3. The van der Waals surface area contributed by atoms with Gasteiger partial charge in [-0.3, -0.25) is 9.48 Å². The first-order chi connectivity index (χ1) is 13.8. The smallest absolute Gasteiger partial charge is 0.224 e. The lowest BCUT2D eigenvalue weighted by Gasteiger charge is -2.09. The molecule has 0 saturated heterocycles. The summed E-state index contributed by atoms with van der Waals surface area (Å²) in [5.74, 6) is 0.0196. The summed E-state index contributed by atoms with van der Waals surface area (Å²) in [5, 5.41) is 7.24. The molecular weight excluding hydrogens is 348 g/mol. The van der Waals surface area contributed by atoms with Gasteiger partial charge in [0.05, 0.1) is 13.0 Å². The standard InChI is InChI=1S/C23H22N4O/c28-23(16-19-7-9-22(10-8-19)26-12-1-2-13-26)24-17-20-5-3-6-21(15-20)18-27-14-4-11-25-27/h1-15H,16-18H2,(H,24,28). The van der Waals surface area contributed by atoms with Crippen molar-refractivity contribution >= 4 is 5.91 Å². The summed E-state index contributed by atoms with van der Waals surface area (Å²) in [5.41, 5.74) is 4.33. The minimum Gasteiger partial charge on any atom is -0.352 e. The van der Waals surface area contributed by atoms with Crippen molar-refractivity contribution in [1.82, 2.24) is 19.7 Å². The van der Waals surface area contributed by atoms with Gasteiger partial charge in [0.2, 0.25) is 5.91 Å². The van der Waals surface area contributed by atoms with Crippen LogP contribution in [0, 0.1) is 0 Å². The van der Waals surface area contributed by atoms with Crippen LogP contribution < -0.4 is 5.32 Å². The molecule has 0 bridgehead atoms. The van der Waals surface area contributed by atoms with Crippen LogP contribution in [0.4, 0.5) is 0 Å². The zero-order valence-corrected chi connectivity index (χ0v) is 15.5. The number of nitrogens with zero attached hydrogens (tertiary/aromatic N) is 3. The number of carbonyl (C=O) groups excluding carboxylic acids is 1. The van der Waals surface area contributed by atoms with Gasteiger partial charge in [-0.2, -0.15) is 5.10 Å². The minimum atomic E-state index is 0.0196. The predicted molar refractivity (Wildman–Crippen MR) is 109 cm³/mol. The molecule has 4 aromatic rings. The first-order valence-corrected chi connectivity index (χ1v) is 9.30. The number of rotatable bonds is 7. The van der Waals surface area contributed by atoms with Crippen LogP contribution in [0.3, 0.4) is 0 Å². The lowest BCUT2D eigenvalue weighted by molar-refractivity contribution is -0.120. The molecule has 2 heterocycles. The Morgan fingerprint density at radius 1 is 0.857 bits per heavy atom. The van der Waals surface area contributed by atoms with Gasteiger partial charge in [0, 0.05) is 37.0 Å². The van der Waals surface area contributed by atoms with Crippen molar-refractivity contribution < 1.29 is 4.79 Å². The van der Waals surface area contributed by atoms with E-state index in [4.69, 9.17) is 0 Å². The van der Waals surface area contributed by atoms with Gasteiger partial charge in [0.1, 0.15) is 0 Å². The minimum absolute atomic E-state index is 0.0196. The SMILES string of the molecule is O=C(Cc1ccc(-n2cccc2)cc1)NCc1cccc(Cn2cccn2)c1. The fourth-order valence-electron chi connectivity index (χ4n) is 3.16.